The zero-order valence-corrected chi connectivity index (χ0v) is 53.3. The summed E-state index contributed by atoms with van der Waals surface area (Å²) in [5, 5.41) is 47.4. The molecule has 0 aliphatic carbocycles. The number of carbonyl (C=O) groups is 7. The second-order valence-electron chi connectivity index (χ2n) is 20.9. The monoisotopic (exact) mass is 1370 g/mol. The minimum atomic E-state index is -1.37. The van der Waals surface area contributed by atoms with Crippen molar-refractivity contribution in [2.75, 3.05) is 110 Å². The zero-order chi connectivity index (χ0) is 64.2. The summed E-state index contributed by atoms with van der Waals surface area (Å²) in [6.07, 6.45) is -7.32. The number of halogens is 1. The van der Waals surface area contributed by atoms with Gasteiger partial charge in [-0.3, -0.25) is 33.6 Å². The average Bonchev–Trinajstić information content (AvgIpc) is 0.983. The van der Waals surface area contributed by atoms with Crippen molar-refractivity contribution < 1.29 is 97.7 Å². The molecule has 0 spiro atoms. The Morgan fingerprint density at radius 1 is 0.556 bits per heavy atom. The Morgan fingerprint density at radius 3 is 1.59 bits per heavy atom. The quantitative estimate of drug-likeness (QED) is 0.00980. The number of nitrogen functional groups attached to an aromatic ring is 1. The number of esters is 2. The maximum Gasteiger partial charge on any atom is 0.303 e. The van der Waals surface area contributed by atoms with Gasteiger partial charge in [0.15, 0.2) is 18.4 Å². The number of hydrogen-bond donors (Lipinski definition) is 9. The molecule has 0 saturated carbocycles. The molecular formula is C63H85IN6O20. The van der Waals surface area contributed by atoms with Crippen molar-refractivity contribution >= 4 is 98.2 Å². The minimum Gasteiger partial charge on any atom is -0.463 e. The Bertz CT molecular complexity index is 3120. The molecule has 2 aliphatic heterocycles. The second-order valence-corrected chi connectivity index (χ2v) is 20.9. The van der Waals surface area contributed by atoms with Gasteiger partial charge in [-0.2, -0.15) is 0 Å². The third-order valence-corrected chi connectivity index (χ3v) is 14.0. The summed E-state index contributed by atoms with van der Waals surface area (Å²) in [6.45, 7) is 9.46. The van der Waals surface area contributed by atoms with Crippen molar-refractivity contribution in [2.45, 2.75) is 89.8 Å². The zero-order valence-electron chi connectivity index (χ0n) is 51.0. The van der Waals surface area contributed by atoms with Crippen LogP contribution in [-0.4, -0.2) is 211 Å². The summed E-state index contributed by atoms with van der Waals surface area (Å²) in [5.74, 6) is -2.61. The summed E-state index contributed by atoms with van der Waals surface area (Å²) >= 11 is 0. The molecule has 27 heteroatoms. The normalized spacial score (nSPS) is 21.1. The number of nitrogens with one attached hydrogen (secondary N) is 5. The maximum atomic E-state index is 12.7. The Labute approximate surface area is 540 Å². The van der Waals surface area contributed by atoms with Crippen molar-refractivity contribution in [2.24, 2.45) is 5.92 Å². The molecule has 2 heterocycles. The largest absolute Gasteiger partial charge is 0.463 e. The number of anilines is 2. The molecule has 4 amide bonds. The molecule has 5 aromatic rings. The molecule has 10 N–H and O–H groups in total. The van der Waals surface area contributed by atoms with Crippen molar-refractivity contribution in [3.05, 3.63) is 120 Å². The van der Waals surface area contributed by atoms with E-state index >= 15 is 0 Å². The van der Waals surface area contributed by atoms with E-state index in [0.29, 0.717) is 55.3 Å². The fourth-order valence-electron chi connectivity index (χ4n) is 9.60. The smallest absolute Gasteiger partial charge is 0.303 e. The van der Waals surface area contributed by atoms with Gasteiger partial charge in [0, 0.05) is 76.2 Å². The number of fused-ring (bicyclic) bond motifs is 2. The summed E-state index contributed by atoms with van der Waals surface area (Å²) in [6, 6.07) is 29.6. The van der Waals surface area contributed by atoms with Gasteiger partial charge < -0.3 is 95.0 Å². The van der Waals surface area contributed by atoms with Gasteiger partial charge in [-0.1, -0.05) is 61.5 Å². The third-order valence-electron chi connectivity index (χ3n) is 14.0. The molecule has 2 aliphatic rings. The Kier molecular flexibility index (Phi) is 31.7. The predicted molar refractivity (Wildman–Crippen MR) is 342 cm³/mol. The highest BCUT2D eigenvalue weighted by Gasteiger charge is 2.47. The van der Waals surface area contributed by atoms with Crippen molar-refractivity contribution in [1.82, 2.24) is 21.3 Å². The van der Waals surface area contributed by atoms with Crippen LogP contribution in [0.15, 0.2) is 103 Å². The first-order valence-corrected chi connectivity index (χ1v) is 29.2. The van der Waals surface area contributed by atoms with Crippen LogP contribution in [0.4, 0.5) is 11.4 Å². The lowest BCUT2D eigenvalue weighted by Gasteiger charge is -2.44. The van der Waals surface area contributed by atoms with E-state index in [1.54, 1.807) is 37.3 Å². The molecule has 4 unspecified atom stereocenters. The first-order chi connectivity index (χ1) is 42.8. The minimum absolute atomic E-state index is 0. The van der Waals surface area contributed by atoms with Gasteiger partial charge in [-0.05, 0) is 70.1 Å². The van der Waals surface area contributed by atoms with Gasteiger partial charge in [-0.15, -0.1) is 24.0 Å². The number of Topliss-reactive ketones (excluding diaryl/α,β-unsaturated/α-hetero) is 1. The number of hydrogen-bond acceptors (Lipinski definition) is 22. The van der Waals surface area contributed by atoms with Crippen LogP contribution in [0.2, 0.25) is 0 Å². The summed E-state index contributed by atoms with van der Waals surface area (Å²) in [4.78, 5) is 84.0. The van der Waals surface area contributed by atoms with Gasteiger partial charge in [0.25, 0.3) is 11.8 Å². The first kappa shape index (κ1) is 73.7. The van der Waals surface area contributed by atoms with E-state index in [4.69, 9.17) is 53.1 Å². The molecule has 7 rings (SSSR count). The Balaban J connectivity index is 0.000000401. The SMILES string of the molecule is CC(=O)NC1[C@H](OCCOCCOCCNC(=O)c2ccc3cc(N)ccc3c2)OC(CO)[C@H](O)[C@@H]1O.CC(=O)NC1[C@H](OCCOCCOCCNC(=O)c2ccc3cc(NCC(=O)c4ccccc4)ccc3c2)OC(COC(C)=O)[C@H](OC(C)=O)[C@@H]1C.I.[HH]. The van der Waals surface area contributed by atoms with Crippen LogP contribution in [0.25, 0.3) is 21.5 Å². The molecule has 2 saturated heterocycles. The van der Waals surface area contributed by atoms with E-state index in [1.165, 1.54) is 27.7 Å². The lowest BCUT2D eigenvalue weighted by atomic mass is 9.88. The number of amides is 4. The number of ketones is 1. The number of aliphatic hydroxyl groups excluding tert-OH is 3. The number of rotatable bonds is 32. The second kappa shape index (κ2) is 38.6. The topological polar surface area (TPSA) is 359 Å². The highest BCUT2D eigenvalue weighted by molar-refractivity contribution is 14.0. The predicted octanol–water partition coefficient (Wildman–Crippen LogP) is 3.28. The first-order valence-electron chi connectivity index (χ1n) is 29.2. The van der Waals surface area contributed by atoms with Crippen LogP contribution in [0.1, 0.15) is 67.1 Å². The standard InChI is InChI=1S/C38H47N3O11.C25H35N3O9.HI.H2/c1-24-35(41-25(2)42)38(52-34(23-50-26(3)43)36(24)51-27(4)44)49-19-18-48-17-16-47-15-14-39-37(46)31-11-10-30-21-32(13-12-29(30)20-31)40-22-33(45)28-8-6-5-7-9-28;1-15(30)28-21-23(32)22(31)20(14-29)37-25(21)36-11-10-35-9-8-34-7-6-27-24(33)18-3-2-17-13-19(26)5-4-16(17)12-18;;/h5-13,20-21,24,34-36,38,40H,14-19,22-23H2,1-4H3,(H,39,46)(H,41,42);2-5,12-13,20-23,25,29,31-32H,6-11,14,26H2,1H3,(H,27,33)(H,28,30);2*1H/t24-,34?,35?,36-,38-;20?,21?,22-,23+,25+;;/m10../s1. The van der Waals surface area contributed by atoms with Crippen molar-refractivity contribution in [3.63, 3.8) is 0 Å². The van der Waals surface area contributed by atoms with Crippen LogP contribution in [0.5, 0.6) is 0 Å². The number of ether oxygens (including phenoxy) is 10. The lowest BCUT2D eigenvalue weighted by Crippen LogP contribution is -2.64. The molecule has 0 bridgehead atoms. The number of nitrogens with two attached hydrogens (primary N) is 1. The number of aliphatic hydroxyl groups is 3. The highest BCUT2D eigenvalue weighted by atomic mass is 127. The van der Waals surface area contributed by atoms with Crippen molar-refractivity contribution in [3.8, 4) is 0 Å². The fraction of sp³-hybridized carbons (Fsp3) is 0.476. The molecule has 0 radical (unpaired) electrons. The summed E-state index contributed by atoms with van der Waals surface area (Å²) in [7, 11) is 0. The third kappa shape index (κ3) is 24.0. The van der Waals surface area contributed by atoms with Gasteiger partial charge in [-0.25, -0.2) is 0 Å². The van der Waals surface area contributed by atoms with Gasteiger partial charge in [0.2, 0.25) is 11.8 Å². The summed E-state index contributed by atoms with van der Waals surface area (Å²) < 4.78 is 55.5. The van der Waals surface area contributed by atoms with E-state index in [1.807, 2.05) is 72.8 Å². The van der Waals surface area contributed by atoms with Crippen LogP contribution in [0.3, 0.4) is 0 Å². The molecule has 494 valence electrons. The lowest BCUT2D eigenvalue weighted by molar-refractivity contribution is -0.272. The van der Waals surface area contributed by atoms with E-state index in [0.717, 1.165) is 27.2 Å². The molecule has 10 atom stereocenters. The maximum absolute atomic E-state index is 12.7. The van der Waals surface area contributed by atoms with Gasteiger partial charge >= 0.3 is 11.9 Å². The van der Waals surface area contributed by atoms with Crippen LogP contribution < -0.4 is 32.3 Å². The van der Waals surface area contributed by atoms with E-state index in [9.17, 15) is 48.9 Å². The van der Waals surface area contributed by atoms with Gasteiger partial charge in [0.1, 0.15) is 43.2 Å². The highest BCUT2D eigenvalue weighted by Crippen LogP contribution is 2.30. The molecular weight excluding hydrogens is 1290 g/mol. The Morgan fingerprint density at radius 2 is 1.04 bits per heavy atom. The van der Waals surface area contributed by atoms with Crippen LogP contribution >= 0.6 is 24.0 Å². The average molecular weight is 1370 g/mol. The van der Waals surface area contributed by atoms with E-state index in [-0.39, 0.29) is 108 Å². The molecule has 0 aromatic heterocycles. The molecule has 26 nitrogen and oxygen atoms in total. The summed E-state index contributed by atoms with van der Waals surface area (Å²) in [5.41, 5.74) is 8.99. The fourth-order valence-corrected chi connectivity index (χ4v) is 9.60. The molecule has 2 fully saturated rings. The molecule has 90 heavy (non-hydrogen) atoms. The van der Waals surface area contributed by atoms with Crippen LogP contribution in [0, 0.1) is 5.92 Å². The number of carbonyl (C=O) groups excluding carboxylic acids is 7. The van der Waals surface area contributed by atoms with E-state index in [2.05, 4.69) is 26.6 Å². The number of benzene rings is 5. The van der Waals surface area contributed by atoms with E-state index < -0.39 is 85.6 Å². The van der Waals surface area contributed by atoms with Crippen molar-refractivity contribution in [1.29, 1.82) is 0 Å². The Hall–Kier alpha value is -7.00. The molecule has 5 aromatic carbocycles. The van der Waals surface area contributed by atoms with Crippen LogP contribution in [-0.2, 0) is 66.5 Å². The van der Waals surface area contributed by atoms with Gasteiger partial charge in [0.05, 0.1) is 85.3 Å².